The monoisotopic (exact) mass is 329 g/mol. The number of aryl methyl sites for hydroxylation is 1. The quantitative estimate of drug-likeness (QED) is 0.625. The molecule has 4 rings (SSSR count). The van der Waals surface area contributed by atoms with Gasteiger partial charge in [-0.05, 0) is 43.3 Å². The van der Waals surface area contributed by atoms with Crippen molar-refractivity contribution in [3.63, 3.8) is 0 Å². The maximum Gasteiger partial charge on any atom is 0.255 e. The van der Waals surface area contributed by atoms with Crippen LogP contribution in [0, 0.1) is 6.92 Å². The predicted molar refractivity (Wildman–Crippen MR) is 95.4 cm³/mol. The lowest BCUT2D eigenvalue weighted by Gasteiger charge is -2.07. The van der Waals surface area contributed by atoms with Crippen molar-refractivity contribution >= 4 is 17.2 Å². The molecule has 0 saturated heterocycles. The van der Waals surface area contributed by atoms with E-state index in [2.05, 4.69) is 20.6 Å². The molecule has 0 aliphatic rings. The molecule has 0 aliphatic heterocycles. The van der Waals surface area contributed by atoms with Gasteiger partial charge >= 0.3 is 0 Å². The van der Waals surface area contributed by atoms with E-state index in [1.54, 1.807) is 16.9 Å². The van der Waals surface area contributed by atoms with Crippen LogP contribution in [0.3, 0.4) is 0 Å². The summed E-state index contributed by atoms with van der Waals surface area (Å²) < 4.78 is 1.63. The Morgan fingerprint density at radius 1 is 1.04 bits per heavy atom. The third kappa shape index (κ3) is 3.10. The first kappa shape index (κ1) is 15.0. The summed E-state index contributed by atoms with van der Waals surface area (Å²) in [6, 6.07) is 18.8. The number of benzene rings is 2. The number of aromatic nitrogens is 4. The fraction of sp³-hybridized carbons (Fsp3) is 0.0526. The Hall–Kier alpha value is -3.54. The molecule has 122 valence electrons. The molecule has 0 saturated carbocycles. The number of amides is 1. The van der Waals surface area contributed by atoms with Crippen LogP contribution in [0.4, 0.5) is 5.69 Å². The normalized spacial score (nSPS) is 10.8. The summed E-state index contributed by atoms with van der Waals surface area (Å²) in [6.45, 7) is 1.96. The molecule has 2 aromatic carbocycles. The maximum absolute atomic E-state index is 12.3. The largest absolute Gasteiger partial charge is 0.322 e. The summed E-state index contributed by atoms with van der Waals surface area (Å²) in [4.78, 5) is 12.3. The van der Waals surface area contributed by atoms with Crippen molar-refractivity contribution in [2.24, 2.45) is 0 Å². The van der Waals surface area contributed by atoms with Crippen molar-refractivity contribution < 1.29 is 4.79 Å². The van der Waals surface area contributed by atoms with Gasteiger partial charge in [0.1, 0.15) is 6.33 Å². The van der Waals surface area contributed by atoms with Gasteiger partial charge in [-0.25, -0.2) is 0 Å². The van der Waals surface area contributed by atoms with Gasteiger partial charge in [0.2, 0.25) is 0 Å². The molecule has 2 aromatic heterocycles. The van der Waals surface area contributed by atoms with E-state index in [9.17, 15) is 4.79 Å². The van der Waals surface area contributed by atoms with Crippen LogP contribution in [0.2, 0.25) is 0 Å². The van der Waals surface area contributed by atoms with Crippen molar-refractivity contribution in [3.05, 3.63) is 78.1 Å². The number of anilines is 1. The lowest BCUT2D eigenvalue weighted by molar-refractivity contribution is 0.102. The molecule has 6 nitrogen and oxygen atoms in total. The molecule has 0 aliphatic carbocycles. The number of carbonyl (C=O) groups is 1. The molecule has 1 N–H and O–H groups in total. The zero-order valence-electron chi connectivity index (χ0n) is 13.5. The van der Waals surface area contributed by atoms with Crippen LogP contribution >= 0.6 is 0 Å². The lowest BCUT2D eigenvalue weighted by Crippen LogP contribution is -2.11. The highest BCUT2D eigenvalue weighted by atomic mass is 16.1. The lowest BCUT2D eigenvalue weighted by atomic mass is 10.1. The van der Waals surface area contributed by atoms with Gasteiger partial charge in [-0.1, -0.05) is 29.8 Å². The van der Waals surface area contributed by atoms with Crippen LogP contribution in [0.5, 0.6) is 0 Å². The molecule has 6 heteroatoms. The molecule has 1 amide bonds. The topological polar surface area (TPSA) is 72.2 Å². The SMILES string of the molecule is Cc1cccc(C(=O)Nc2ccc(-c3ccc4nncn4n3)cc2)c1. The second-order valence-electron chi connectivity index (χ2n) is 5.75. The van der Waals surface area contributed by atoms with Crippen LogP contribution in [0.25, 0.3) is 16.9 Å². The molecular weight excluding hydrogens is 314 g/mol. The average molecular weight is 329 g/mol. The van der Waals surface area contributed by atoms with Crippen LogP contribution in [0.15, 0.2) is 67.0 Å². The molecule has 2 heterocycles. The van der Waals surface area contributed by atoms with Gasteiger partial charge in [-0.2, -0.15) is 9.61 Å². The molecule has 0 spiro atoms. The van der Waals surface area contributed by atoms with Crippen molar-refractivity contribution in [1.82, 2.24) is 19.8 Å². The van der Waals surface area contributed by atoms with Crippen LogP contribution in [-0.2, 0) is 0 Å². The second kappa shape index (κ2) is 6.16. The second-order valence-corrected chi connectivity index (χ2v) is 5.75. The Balaban J connectivity index is 1.54. The van der Waals surface area contributed by atoms with Crippen molar-refractivity contribution in [3.8, 4) is 11.3 Å². The van der Waals surface area contributed by atoms with E-state index < -0.39 is 0 Å². The number of hydrogen-bond acceptors (Lipinski definition) is 4. The van der Waals surface area contributed by atoms with Gasteiger partial charge in [0, 0.05) is 16.8 Å². The first-order valence-corrected chi connectivity index (χ1v) is 7.84. The van der Waals surface area contributed by atoms with Crippen LogP contribution < -0.4 is 5.32 Å². The van der Waals surface area contributed by atoms with E-state index >= 15 is 0 Å². The van der Waals surface area contributed by atoms with Crippen LogP contribution in [-0.4, -0.2) is 25.7 Å². The summed E-state index contributed by atoms with van der Waals surface area (Å²) in [6.07, 6.45) is 1.56. The smallest absolute Gasteiger partial charge is 0.255 e. The molecule has 0 bridgehead atoms. The summed E-state index contributed by atoms with van der Waals surface area (Å²) in [5.41, 5.74) is 4.89. The van der Waals surface area contributed by atoms with E-state index in [4.69, 9.17) is 0 Å². The number of carbonyl (C=O) groups excluding carboxylic acids is 1. The minimum Gasteiger partial charge on any atom is -0.322 e. The van der Waals surface area contributed by atoms with Gasteiger partial charge in [-0.15, -0.1) is 10.2 Å². The molecule has 0 atom stereocenters. The van der Waals surface area contributed by atoms with E-state index in [0.717, 1.165) is 22.5 Å². The third-order valence-electron chi connectivity index (χ3n) is 3.88. The maximum atomic E-state index is 12.3. The molecule has 25 heavy (non-hydrogen) atoms. The zero-order chi connectivity index (χ0) is 17.2. The molecule has 4 aromatic rings. The fourth-order valence-corrected chi connectivity index (χ4v) is 2.60. The number of nitrogens with zero attached hydrogens (tertiary/aromatic N) is 4. The molecule has 0 fully saturated rings. The van der Waals surface area contributed by atoms with E-state index in [0.29, 0.717) is 11.2 Å². The van der Waals surface area contributed by atoms with Crippen molar-refractivity contribution in [2.45, 2.75) is 6.92 Å². The first-order valence-electron chi connectivity index (χ1n) is 7.84. The molecule has 0 radical (unpaired) electrons. The highest BCUT2D eigenvalue weighted by molar-refractivity contribution is 6.04. The van der Waals surface area contributed by atoms with Gasteiger partial charge in [0.15, 0.2) is 5.65 Å². The summed E-state index contributed by atoms with van der Waals surface area (Å²) >= 11 is 0. The number of fused-ring (bicyclic) bond motifs is 1. The van der Waals surface area contributed by atoms with Gasteiger partial charge < -0.3 is 5.32 Å². The highest BCUT2D eigenvalue weighted by Gasteiger charge is 2.07. The summed E-state index contributed by atoms with van der Waals surface area (Å²) in [7, 11) is 0. The molecular formula is C19H15N5O. The van der Waals surface area contributed by atoms with E-state index in [1.165, 1.54) is 0 Å². The Morgan fingerprint density at radius 2 is 1.88 bits per heavy atom. The Morgan fingerprint density at radius 3 is 2.68 bits per heavy atom. The third-order valence-corrected chi connectivity index (χ3v) is 3.88. The summed E-state index contributed by atoms with van der Waals surface area (Å²) in [5.74, 6) is -0.125. The van der Waals surface area contributed by atoms with Crippen molar-refractivity contribution in [2.75, 3.05) is 5.32 Å². The van der Waals surface area contributed by atoms with Crippen LogP contribution in [0.1, 0.15) is 15.9 Å². The Labute approximate surface area is 144 Å². The summed E-state index contributed by atoms with van der Waals surface area (Å²) in [5, 5.41) is 15.1. The first-order chi connectivity index (χ1) is 12.2. The number of hydrogen-bond donors (Lipinski definition) is 1. The minimum atomic E-state index is -0.125. The molecule has 0 unspecified atom stereocenters. The van der Waals surface area contributed by atoms with Gasteiger partial charge in [0.05, 0.1) is 5.69 Å². The Kier molecular flexibility index (Phi) is 3.70. The van der Waals surface area contributed by atoms with Gasteiger partial charge in [-0.3, -0.25) is 4.79 Å². The average Bonchev–Trinajstić information content (AvgIpc) is 3.10. The van der Waals surface area contributed by atoms with E-state index in [-0.39, 0.29) is 5.91 Å². The zero-order valence-corrected chi connectivity index (χ0v) is 13.5. The standard InChI is InChI=1S/C19H15N5O/c1-13-3-2-4-15(11-13)19(25)21-16-7-5-14(6-8-16)17-9-10-18-22-20-12-24(18)23-17/h2-12H,1H3,(H,21,25). The predicted octanol–water partition coefficient (Wildman–Crippen LogP) is 3.35. The van der Waals surface area contributed by atoms with Crippen molar-refractivity contribution in [1.29, 1.82) is 0 Å². The Bertz CT molecular complexity index is 1050. The van der Waals surface area contributed by atoms with Gasteiger partial charge in [0.25, 0.3) is 5.91 Å². The number of rotatable bonds is 3. The number of nitrogens with one attached hydrogen (secondary N) is 1. The minimum absolute atomic E-state index is 0.125. The highest BCUT2D eigenvalue weighted by Crippen LogP contribution is 2.20. The fourth-order valence-electron chi connectivity index (χ4n) is 2.60. The van der Waals surface area contributed by atoms with E-state index in [1.807, 2.05) is 61.5 Å².